The minimum atomic E-state index is -3.81. The Morgan fingerprint density at radius 2 is 1.72 bits per heavy atom. The second-order valence-electron chi connectivity index (χ2n) is 7.00. The van der Waals surface area contributed by atoms with E-state index in [0.717, 1.165) is 21.4 Å². The van der Waals surface area contributed by atoms with Crippen molar-refractivity contribution in [3.8, 4) is 5.75 Å². The van der Waals surface area contributed by atoms with E-state index in [-0.39, 0.29) is 10.8 Å². The molecule has 0 fully saturated rings. The molecule has 0 radical (unpaired) electrons. The highest BCUT2D eigenvalue weighted by Crippen LogP contribution is 2.28. The topological polar surface area (TPSA) is 84.5 Å². The largest absolute Gasteiger partial charge is 0.495 e. The molecule has 0 saturated heterocycles. The van der Waals surface area contributed by atoms with E-state index < -0.39 is 10.0 Å². The summed E-state index contributed by atoms with van der Waals surface area (Å²) in [5, 5.41) is 2.79. The first kappa shape index (κ1) is 24.2. The Bertz CT molecular complexity index is 1180. The van der Waals surface area contributed by atoms with Crippen molar-refractivity contribution >= 4 is 55.0 Å². The summed E-state index contributed by atoms with van der Waals surface area (Å²) in [5.41, 5.74) is 2.94. The highest BCUT2D eigenvalue weighted by Gasteiger charge is 2.17. The SMILES string of the molecule is COc1ccc(C)cc1NS(=O)(=O)c1ccc(NC(=O)CSCc2ccc(Br)cc2)cc1. The van der Waals surface area contributed by atoms with Gasteiger partial charge < -0.3 is 10.1 Å². The number of ether oxygens (including phenoxy) is 1. The summed E-state index contributed by atoms with van der Waals surface area (Å²) in [7, 11) is -2.32. The highest BCUT2D eigenvalue weighted by atomic mass is 79.9. The fourth-order valence-electron chi connectivity index (χ4n) is 2.86. The zero-order chi connectivity index (χ0) is 23.1. The lowest BCUT2D eigenvalue weighted by Crippen LogP contribution is -2.15. The Labute approximate surface area is 200 Å². The van der Waals surface area contributed by atoms with Crippen LogP contribution in [0.2, 0.25) is 0 Å². The number of aryl methyl sites for hydroxylation is 1. The van der Waals surface area contributed by atoms with Gasteiger partial charge in [-0.15, -0.1) is 11.8 Å². The molecule has 3 aromatic carbocycles. The zero-order valence-corrected chi connectivity index (χ0v) is 20.8. The monoisotopic (exact) mass is 534 g/mol. The molecule has 3 rings (SSSR count). The number of methoxy groups -OCH3 is 1. The maximum atomic E-state index is 12.8. The first-order valence-electron chi connectivity index (χ1n) is 9.66. The number of thioether (sulfide) groups is 1. The number of amides is 1. The molecule has 0 atom stereocenters. The third-order valence-corrected chi connectivity index (χ3v) is 7.38. The Balaban J connectivity index is 1.57. The van der Waals surface area contributed by atoms with Crippen LogP contribution in [0.5, 0.6) is 5.75 Å². The van der Waals surface area contributed by atoms with E-state index in [1.54, 1.807) is 24.3 Å². The maximum Gasteiger partial charge on any atom is 0.262 e. The fourth-order valence-corrected chi connectivity index (χ4v) is 4.98. The minimum absolute atomic E-state index is 0.0867. The number of hydrogen-bond donors (Lipinski definition) is 2. The van der Waals surface area contributed by atoms with Gasteiger partial charge in [0, 0.05) is 15.9 Å². The van der Waals surface area contributed by atoms with Crippen LogP contribution in [0.4, 0.5) is 11.4 Å². The molecule has 0 spiro atoms. The van der Waals surface area contributed by atoms with Gasteiger partial charge >= 0.3 is 0 Å². The average molecular weight is 535 g/mol. The summed E-state index contributed by atoms with van der Waals surface area (Å²) in [5.74, 6) is 1.31. The third kappa shape index (κ3) is 6.75. The molecule has 32 heavy (non-hydrogen) atoms. The molecule has 0 aliphatic heterocycles. The van der Waals surface area contributed by atoms with Crippen LogP contribution in [0, 0.1) is 6.92 Å². The summed E-state index contributed by atoms with van der Waals surface area (Å²) in [6.07, 6.45) is 0. The molecule has 3 aromatic rings. The third-order valence-electron chi connectivity index (χ3n) is 4.46. The molecule has 1 amide bonds. The van der Waals surface area contributed by atoms with Gasteiger partial charge in [0.2, 0.25) is 5.91 Å². The van der Waals surface area contributed by atoms with Crippen LogP contribution in [0.25, 0.3) is 0 Å². The quantitative estimate of drug-likeness (QED) is 0.381. The van der Waals surface area contributed by atoms with Gasteiger partial charge in [0.05, 0.1) is 23.4 Å². The standard InChI is InChI=1S/C23H23BrN2O4S2/c1-16-3-12-22(30-2)21(13-16)26-32(28,29)20-10-8-19(9-11-20)25-23(27)15-31-14-17-4-6-18(24)7-5-17/h3-13,26H,14-15H2,1-2H3,(H,25,27). The van der Waals surface area contributed by atoms with E-state index in [1.807, 2.05) is 37.3 Å². The van der Waals surface area contributed by atoms with Crippen LogP contribution in [-0.2, 0) is 20.6 Å². The number of sulfonamides is 1. The van der Waals surface area contributed by atoms with Crippen molar-refractivity contribution in [2.24, 2.45) is 0 Å². The van der Waals surface area contributed by atoms with Gasteiger partial charge in [0.25, 0.3) is 10.0 Å². The van der Waals surface area contributed by atoms with E-state index in [1.165, 1.54) is 31.0 Å². The van der Waals surface area contributed by atoms with E-state index in [0.29, 0.717) is 22.9 Å². The van der Waals surface area contributed by atoms with Crippen LogP contribution in [0.1, 0.15) is 11.1 Å². The number of hydrogen-bond acceptors (Lipinski definition) is 5. The van der Waals surface area contributed by atoms with Crippen molar-refractivity contribution in [1.82, 2.24) is 0 Å². The number of carbonyl (C=O) groups excluding carboxylic acids is 1. The second-order valence-corrected chi connectivity index (χ2v) is 10.6. The van der Waals surface area contributed by atoms with Crippen molar-refractivity contribution in [2.45, 2.75) is 17.6 Å². The lowest BCUT2D eigenvalue weighted by molar-refractivity contribution is -0.113. The van der Waals surface area contributed by atoms with E-state index >= 15 is 0 Å². The van der Waals surface area contributed by atoms with Crippen LogP contribution >= 0.6 is 27.7 Å². The summed E-state index contributed by atoms with van der Waals surface area (Å²) < 4.78 is 34.3. The maximum absolute atomic E-state index is 12.8. The van der Waals surface area contributed by atoms with Crippen molar-refractivity contribution in [3.05, 3.63) is 82.3 Å². The average Bonchev–Trinajstić information content (AvgIpc) is 2.75. The van der Waals surface area contributed by atoms with Gasteiger partial charge in [-0.3, -0.25) is 9.52 Å². The highest BCUT2D eigenvalue weighted by molar-refractivity contribution is 9.10. The van der Waals surface area contributed by atoms with Crippen LogP contribution in [-0.4, -0.2) is 27.2 Å². The number of carbonyl (C=O) groups is 1. The van der Waals surface area contributed by atoms with E-state index in [2.05, 4.69) is 26.0 Å². The summed E-state index contributed by atoms with van der Waals surface area (Å²) in [4.78, 5) is 12.3. The molecule has 0 aromatic heterocycles. The predicted molar refractivity (Wildman–Crippen MR) is 134 cm³/mol. The molecular weight excluding hydrogens is 512 g/mol. The number of anilines is 2. The van der Waals surface area contributed by atoms with Gasteiger partial charge in [0.15, 0.2) is 0 Å². The first-order valence-corrected chi connectivity index (χ1v) is 13.1. The molecule has 9 heteroatoms. The molecule has 6 nitrogen and oxygen atoms in total. The zero-order valence-electron chi connectivity index (χ0n) is 17.6. The lowest BCUT2D eigenvalue weighted by Gasteiger charge is -2.13. The number of nitrogens with one attached hydrogen (secondary N) is 2. The van der Waals surface area contributed by atoms with Gasteiger partial charge in [-0.2, -0.15) is 0 Å². The van der Waals surface area contributed by atoms with Crippen molar-refractivity contribution in [1.29, 1.82) is 0 Å². The van der Waals surface area contributed by atoms with Gasteiger partial charge in [0.1, 0.15) is 5.75 Å². The predicted octanol–water partition coefficient (Wildman–Crippen LogP) is 5.44. The summed E-state index contributed by atoms with van der Waals surface area (Å²) in [6.45, 7) is 1.87. The Morgan fingerprint density at radius 3 is 2.38 bits per heavy atom. The van der Waals surface area contributed by atoms with Crippen molar-refractivity contribution in [2.75, 3.05) is 22.9 Å². The summed E-state index contributed by atoms with van der Waals surface area (Å²) >= 11 is 4.91. The normalized spacial score (nSPS) is 11.1. The number of benzene rings is 3. The van der Waals surface area contributed by atoms with Crippen molar-refractivity contribution in [3.63, 3.8) is 0 Å². The van der Waals surface area contributed by atoms with E-state index in [4.69, 9.17) is 4.74 Å². The van der Waals surface area contributed by atoms with Gasteiger partial charge in [-0.25, -0.2) is 8.42 Å². The van der Waals surface area contributed by atoms with Crippen molar-refractivity contribution < 1.29 is 17.9 Å². The molecular formula is C23H23BrN2O4S2. The molecule has 0 aliphatic rings. The van der Waals surface area contributed by atoms with Gasteiger partial charge in [-0.05, 0) is 66.6 Å². The molecule has 168 valence electrons. The number of halogens is 1. The summed E-state index contributed by atoms with van der Waals surface area (Å²) in [6, 6.07) is 19.2. The fraction of sp³-hybridized carbons (Fsp3) is 0.174. The van der Waals surface area contributed by atoms with Crippen LogP contribution in [0.3, 0.4) is 0 Å². The van der Waals surface area contributed by atoms with Crippen LogP contribution in [0.15, 0.2) is 76.1 Å². The Kier molecular flexibility index (Phi) is 8.22. The number of rotatable bonds is 9. The smallest absolute Gasteiger partial charge is 0.262 e. The molecule has 2 N–H and O–H groups in total. The molecule has 0 bridgehead atoms. The minimum Gasteiger partial charge on any atom is -0.495 e. The molecule has 0 heterocycles. The van der Waals surface area contributed by atoms with E-state index in [9.17, 15) is 13.2 Å². The lowest BCUT2D eigenvalue weighted by atomic mass is 10.2. The second kappa shape index (κ2) is 10.9. The molecule has 0 unspecified atom stereocenters. The van der Waals surface area contributed by atoms with Gasteiger partial charge in [-0.1, -0.05) is 34.1 Å². The van der Waals surface area contributed by atoms with Crippen LogP contribution < -0.4 is 14.8 Å². The Morgan fingerprint density at radius 1 is 1.03 bits per heavy atom. The molecule has 0 saturated carbocycles. The molecule has 0 aliphatic carbocycles. The first-order chi connectivity index (χ1) is 15.3. The Hall–Kier alpha value is -2.49.